The summed E-state index contributed by atoms with van der Waals surface area (Å²) in [7, 11) is 0. The fourth-order valence-electron chi connectivity index (χ4n) is 16.7. The lowest BCUT2D eigenvalue weighted by atomic mass is 9.45. The van der Waals surface area contributed by atoms with Crippen LogP contribution in [0.4, 0.5) is 17.1 Å². The topological polar surface area (TPSA) is 3.24 Å². The molecule has 428 valence electrons. The van der Waals surface area contributed by atoms with Crippen LogP contribution in [0.2, 0.25) is 0 Å². The second-order valence-electron chi connectivity index (χ2n) is 29.5. The molecule has 1 nitrogen and oxygen atoms in total. The summed E-state index contributed by atoms with van der Waals surface area (Å²) < 4.78 is 0. The Kier molecular flexibility index (Phi) is 11.9. The highest BCUT2D eigenvalue weighted by atomic mass is 15.1. The highest BCUT2D eigenvalue weighted by Gasteiger charge is 2.56. The Morgan fingerprint density at radius 2 is 0.609 bits per heavy atom. The van der Waals surface area contributed by atoms with Gasteiger partial charge in [0.1, 0.15) is 0 Å². The zero-order valence-corrected chi connectivity index (χ0v) is 53.0. The maximum absolute atomic E-state index is 2.55. The Morgan fingerprint density at radius 3 is 1.16 bits per heavy atom. The van der Waals surface area contributed by atoms with Crippen molar-refractivity contribution in [1.29, 1.82) is 0 Å². The van der Waals surface area contributed by atoms with Gasteiger partial charge in [0.05, 0.1) is 5.41 Å². The molecule has 2 unspecified atom stereocenters. The summed E-state index contributed by atoms with van der Waals surface area (Å²) in [6.07, 6.45) is 0. The fourth-order valence-corrected chi connectivity index (χ4v) is 16.7. The van der Waals surface area contributed by atoms with Gasteiger partial charge in [-0.05, 0) is 199 Å². The molecule has 2 atom stereocenters. The van der Waals surface area contributed by atoms with Gasteiger partial charge in [-0.15, -0.1) is 0 Å². The molecular formula is C86H79N. The molecule has 0 aliphatic heterocycles. The Morgan fingerprint density at radius 1 is 0.253 bits per heavy atom. The summed E-state index contributed by atoms with van der Waals surface area (Å²) >= 11 is 0. The van der Waals surface area contributed by atoms with Crippen molar-refractivity contribution in [3.05, 3.63) is 293 Å². The molecule has 15 rings (SSSR count). The van der Waals surface area contributed by atoms with Crippen molar-refractivity contribution in [3.8, 4) is 77.9 Å². The molecular weight excluding hydrogens is 1050 g/mol. The second-order valence-corrected chi connectivity index (χ2v) is 29.5. The predicted molar refractivity (Wildman–Crippen MR) is 369 cm³/mol. The molecule has 0 heterocycles. The van der Waals surface area contributed by atoms with E-state index in [4.69, 9.17) is 0 Å². The molecule has 0 fully saturated rings. The quantitative estimate of drug-likeness (QED) is 0.147. The normalized spacial score (nSPS) is 16.9. The number of nitrogens with zero attached hydrogens (tertiary/aromatic N) is 1. The summed E-state index contributed by atoms with van der Waals surface area (Å²) in [5.41, 5.74) is 32.8. The van der Waals surface area contributed by atoms with Gasteiger partial charge < -0.3 is 4.90 Å². The Labute approximate surface area is 517 Å². The summed E-state index contributed by atoms with van der Waals surface area (Å²) in [5.74, 6) is 0. The van der Waals surface area contributed by atoms with Crippen molar-refractivity contribution in [2.75, 3.05) is 4.90 Å². The standard InChI is InChI=1S/C86H79N/c1-80(2,3)84(11,12)85(13,81(4,5)6)60-38-31-56(32-39-60)57-35-44-68-65-26-18-21-29-74(65)86(78(68)50-57)75-30-22-19-27-66(75)69-45-36-59(51-79(69)86)58-37-46-70-71-52-62(43-48-73(71)83(9,10)76(70)49-58)87(61-40-33-55(34-41-61)54-23-15-14-16-24-54)63-42-47-67-64-25-17-20-28-72(64)82(7,8)77(67)53-63/h14-53H,1-13H3. The van der Waals surface area contributed by atoms with E-state index >= 15 is 0 Å². The van der Waals surface area contributed by atoms with Crippen LogP contribution in [0.15, 0.2) is 243 Å². The van der Waals surface area contributed by atoms with Crippen molar-refractivity contribution < 1.29 is 0 Å². The lowest BCUT2D eigenvalue weighted by Crippen LogP contribution is -2.54. The van der Waals surface area contributed by atoms with Gasteiger partial charge in [0.15, 0.2) is 0 Å². The monoisotopic (exact) mass is 1130 g/mol. The number of hydrogen-bond acceptors (Lipinski definition) is 1. The smallest absolute Gasteiger partial charge is 0.0725 e. The first kappa shape index (κ1) is 54.8. The molecule has 0 bridgehead atoms. The third-order valence-electron chi connectivity index (χ3n) is 22.8. The fraction of sp³-hybridized carbons (Fsp3) is 0.233. The highest BCUT2D eigenvalue weighted by molar-refractivity contribution is 5.98. The second kappa shape index (κ2) is 18.9. The van der Waals surface area contributed by atoms with E-state index in [1.807, 2.05) is 0 Å². The average Bonchev–Trinajstić information content (AvgIpc) is 1.54. The summed E-state index contributed by atoms with van der Waals surface area (Å²) in [5, 5.41) is 0. The van der Waals surface area contributed by atoms with E-state index in [9.17, 15) is 0 Å². The van der Waals surface area contributed by atoms with E-state index in [2.05, 4.69) is 338 Å². The van der Waals surface area contributed by atoms with Crippen LogP contribution in [-0.2, 0) is 21.7 Å². The van der Waals surface area contributed by atoms with Crippen molar-refractivity contribution in [3.63, 3.8) is 0 Å². The van der Waals surface area contributed by atoms with Crippen LogP contribution < -0.4 is 4.90 Å². The molecule has 0 radical (unpaired) electrons. The summed E-state index contributed by atoms with van der Waals surface area (Å²) in [6.45, 7) is 31.5. The lowest BCUT2D eigenvalue weighted by Gasteiger charge is -2.59. The van der Waals surface area contributed by atoms with Gasteiger partial charge in [0, 0.05) is 33.3 Å². The van der Waals surface area contributed by atoms with Gasteiger partial charge in [-0.25, -0.2) is 0 Å². The first-order chi connectivity index (χ1) is 41.5. The van der Waals surface area contributed by atoms with Gasteiger partial charge in [-0.3, -0.25) is 0 Å². The van der Waals surface area contributed by atoms with E-state index in [-0.39, 0.29) is 32.5 Å². The number of hydrogen-bond donors (Lipinski definition) is 0. The Hall–Kier alpha value is -8.78. The average molecular weight is 1130 g/mol. The third-order valence-corrected chi connectivity index (χ3v) is 22.8. The Bertz CT molecular complexity index is 4600. The van der Waals surface area contributed by atoms with Crippen LogP contribution >= 0.6 is 0 Å². The molecule has 87 heavy (non-hydrogen) atoms. The third kappa shape index (κ3) is 7.70. The van der Waals surface area contributed by atoms with Gasteiger partial charge >= 0.3 is 0 Å². The molecule has 1 heteroatoms. The summed E-state index contributed by atoms with van der Waals surface area (Å²) in [6, 6.07) is 93.3. The van der Waals surface area contributed by atoms with E-state index in [0.29, 0.717) is 0 Å². The van der Waals surface area contributed by atoms with Crippen LogP contribution in [0, 0.1) is 16.2 Å². The molecule has 11 aromatic rings. The van der Waals surface area contributed by atoms with Crippen molar-refractivity contribution in [2.45, 2.75) is 112 Å². The predicted octanol–water partition coefficient (Wildman–Crippen LogP) is 23.5. The largest absolute Gasteiger partial charge is 0.310 e. The highest BCUT2D eigenvalue weighted by Crippen LogP contribution is 2.65. The number of rotatable bonds is 8. The first-order valence-electron chi connectivity index (χ1n) is 31.6. The van der Waals surface area contributed by atoms with Crippen molar-refractivity contribution in [1.82, 2.24) is 0 Å². The Balaban J connectivity index is 0.832. The zero-order chi connectivity index (χ0) is 60.4. The minimum absolute atomic E-state index is 0.00918. The molecule has 0 saturated heterocycles. The van der Waals surface area contributed by atoms with Crippen LogP contribution in [0.5, 0.6) is 0 Å². The van der Waals surface area contributed by atoms with Gasteiger partial charge in [0.2, 0.25) is 0 Å². The number of benzene rings is 11. The molecule has 1 spiro atoms. The van der Waals surface area contributed by atoms with E-state index in [1.165, 1.54) is 128 Å². The van der Waals surface area contributed by atoms with E-state index in [1.54, 1.807) is 0 Å². The van der Waals surface area contributed by atoms with Gasteiger partial charge in [-0.2, -0.15) is 0 Å². The number of fused-ring (bicyclic) bond motifs is 16. The van der Waals surface area contributed by atoms with E-state index in [0.717, 1.165) is 17.1 Å². The summed E-state index contributed by atoms with van der Waals surface area (Å²) in [4.78, 5) is 2.47. The van der Waals surface area contributed by atoms with Gasteiger partial charge in [0.25, 0.3) is 0 Å². The molecule has 11 aromatic carbocycles. The van der Waals surface area contributed by atoms with Crippen LogP contribution in [0.1, 0.15) is 140 Å². The molecule has 4 aliphatic rings. The number of anilines is 3. The van der Waals surface area contributed by atoms with Crippen molar-refractivity contribution >= 4 is 17.1 Å². The maximum atomic E-state index is 2.55. The van der Waals surface area contributed by atoms with Crippen LogP contribution in [-0.4, -0.2) is 0 Å². The minimum Gasteiger partial charge on any atom is -0.310 e. The molecule has 0 amide bonds. The lowest BCUT2D eigenvalue weighted by molar-refractivity contribution is -0.0312. The minimum atomic E-state index is -0.500. The van der Waals surface area contributed by atoms with Gasteiger partial charge in [-0.1, -0.05) is 278 Å². The van der Waals surface area contributed by atoms with Crippen molar-refractivity contribution in [2.24, 2.45) is 16.2 Å². The molecule has 0 N–H and O–H groups in total. The first-order valence-corrected chi connectivity index (χ1v) is 31.6. The zero-order valence-electron chi connectivity index (χ0n) is 53.0. The SMILES string of the molecule is CC1(C)c2ccc(N(c3ccc(-c4ccccc4)cc3)c3ccc4c(c3)C(C)(C)c3ccccc3-4)cc2-c2ccc(-c3ccc4c(c3)C3(c5ccccc5-c5ccc(-c6ccc(C(C)(C(C)(C)C)C(C)(C)C(C)(C)C)cc6)cc53)c3ccccc3-4)cc21. The van der Waals surface area contributed by atoms with Crippen LogP contribution in [0.3, 0.4) is 0 Å². The molecule has 4 aliphatic carbocycles. The maximum Gasteiger partial charge on any atom is 0.0725 e. The molecule has 0 aromatic heterocycles. The van der Waals surface area contributed by atoms with E-state index < -0.39 is 5.41 Å². The molecule has 0 saturated carbocycles. The van der Waals surface area contributed by atoms with Crippen LogP contribution in [0.25, 0.3) is 77.9 Å².